The van der Waals surface area contributed by atoms with Crippen LogP contribution < -0.4 is 0 Å². The summed E-state index contributed by atoms with van der Waals surface area (Å²) in [5, 5.41) is 7.87. The van der Waals surface area contributed by atoms with Gasteiger partial charge in [-0.15, -0.1) is 0 Å². The predicted octanol–water partition coefficient (Wildman–Crippen LogP) is 16.6. The minimum absolute atomic E-state index is 0. The van der Waals surface area contributed by atoms with Gasteiger partial charge in [-0.1, -0.05) is 122 Å². The molecule has 0 saturated heterocycles. The number of rotatable bonds is 9. The number of halogens is 4. The number of fused-ring (bicyclic) bond motifs is 12. The van der Waals surface area contributed by atoms with Crippen LogP contribution in [0.2, 0.25) is 5.02 Å². The lowest BCUT2D eigenvalue weighted by atomic mass is 10.0. The van der Waals surface area contributed by atoms with Crippen LogP contribution in [-0.2, 0) is 58.8 Å². The molecular weight excluding hydrogens is 1080 g/mol. The van der Waals surface area contributed by atoms with Gasteiger partial charge < -0.3 is 22.3 Å². The fourth-order valence-corrected chi connectivity index (χ4v) is 11.9. The first-order valence-electron chi connectivity index (χ1n) is 28.0. The van der Waals surface area contributed by atoms with Crippen molar-refractivity contribution in [3.8, 4) is 0 Å². The molecule has 0 fully saturated rings. The molecule has 422 valence electrons. The van der Waals surface area contributed by atoms with Crippen LogP contribution in [0.25, 0.3) is 71.3 Å². The maximum Gasteiger partial charge on any atom is 0.419 e. The molecule has 6 aromatic carbocycles. The lowest BCUT2D eigenvalue weighted by Crippen LogP contribution is -2.08. The molecule has 11 nitrogen and oxygen atoms in total. The highest BCUT2D eigenvalue weighted by atomic mass is 35.5. The summed E-state index contributed by atoms with van der Waals surface area (Å²) in [6.45, 7) is 8.07. The third kappa shape index (κ3) is 10.3. The normalized spacial score (nSPS) is 12.4. The molecule has 0 amide bonds. The number of aliphatic imine (C=N–C) groups is 1. The molecule has 0 aliphatic carbocycles. The standard InChI is InChI=1S/C23H19F3N4.C23H22N4.C22H18ClN3.CH4/c1-14-7-10-18(23(24,25)26)22-27-16(13-30(14)22)9-12-20-28-21-17-6-4-3-5-15(17)8-11-19(21)29(20)2;1-15-8-9-16(2)27-14-18(24-23(15)27)11-13-21-25-22-19-7-5-4-6-17(19)10-12-20(22)26(21)3;1-14-6-11-20(23)22-25-18(13-26(14)22)10-9-17-12-16-8-7-15-4-2-3-5-19(15)21(16)24-17;/h3-8,10-11,13H,9,12H2,1-2H3;4-10,12,14H,11,13H2,1-3H3;2-8,11,13H,9-10,12H2,1H3;1H4. The molecular formula is C69H63ClF3N11. The zero-order valence-corrected chi connectivity index (χ0v) is 47.7. The SMILES string of the molecule is C.Cc1ccc(C(F)(F)F)c2nc(CCc3nc4c5ccccc5ccc4n3C)cn12.Cc1ccc(C)n2cc(CCc3nc4c5ccccc5ccc4n3C)nc12.Cc1ccc(Cl)c2nc(CCC3=Nc4c(ccc5ccccc45)C3)cn12. The van der Waals surface area contributed by atoms with Gasteiger partial charge in [0, 0.05) is 90.9 Å². The Bertz CT molecular complexity index is 4800. The first kappa shape index (κ1) is 55.4. The van der Waals surface area contributed by atoms with Gasteiger partial charge in [-0.05, 0) is 123 Å². The van der Waals surface area contributed by atoms with Crippen LogP contribution in [0, 0.1) is 27.7 Å². The largest absolute Gasteiger partial charge is 0.419 e. The number of aryl methyl sites for hydroxylation is 11. The van der Waals surface area contributed by atoms with E-state index in [1.165, 1.54) is 60.1 Å². The zero-order chi connectivity index (χ0) is 57.3. The lowest BCUT2D eigenvalue weighted by molar-refractivity contribution is -0.136. The van der Waals surface area contributed by atoms with Crippen molar-refractivity contribution in [3.05, 3.63) is 232 Å². The molecule has 0 bridgehead atoms. The lowest BCUT2D eigenvalue weighted by Gasteiger charge is -2.09. The maximum atomic E-state index is 13.3. The monoisotopic (exact) mass is 1140 g/mol. The Hall–Kier alpha value is -9.14. The highest BCUT2D eigenvalue weighted by molar-refractivity contribution is 6.33. The van der Waals surface area contributed by atoms with Crippen LogP contribution in [-0.4, -0.2) is 53.0 Å². The molecule has 9 heterocycles. The van der Waals surface area contributed by atoms with E-state index in [1.54, 1.807) is 13.1 Å². The van der Waals surface area contributed by atoms with Gasteiger partial charge in [-0.3, -0.25) is 4.99 Å². The highest BCUT2D eigenvalue weighted by Gasteiger charge is 2.34. The van der Waals surface area contributed by atoms with E-state index in [-0.39, 0.29) is 13.1 Å². The van der Waals surface area contributed by atoms with Gasteiger partial charge in [-0.2, -0.15) is 13.2 Å². The second kappa shape index (κ2) is 22.2. The van der Waals surface area contributed by atoms with Crippen molar-refractivity contribution in [3.63, 3.8) is 0 Å². The van der Waals surface area contributed by atoms with Crippen LogP contribution in [0.4, 0.5) is 18.9 Å². The van der Waals surface area contributed by atoms with E-state index in [4.69, 9.17) is 36.5 Å². The number of hydrogen-bond donors (Lipinski definition) is 0. The summed E-state index contributed by atoms with van der Waals surface area (Å²) in [7, 11) is 4.08. The molecule has 1 aliphatic rings. The van der Waals surface area contributed by atoms with Crippen LogP contribution in [0.3, 0.4) is 0 Å². The van der Waals surface area contributed by atoms with Gasteiger partial charge in [0.15, 0.2) is 5.65 Å². The number of alkyl halides is 3. The summed E-state index contributed by atoms with van der Waals surface area (Å²) < 4.78 is 50.1. The average Bonchev–Trinajstić information content (AvgIpc) is 4.49. The molecule has 84 heavy (non-hydrogen) atoms. The highest BCUT2D eigenvalue weighted by Crippen LogP contribution is 2.37. The minimum atomic E-state index is -4.43. The number of nitrogens with zero attached hydrogens (tertiary/aromatic N) is 11. The Morgan fingerprint density at radius 1 is 0.464 bits per heavy atom. The molecule has 0 N–H and O–H groups in total. The Labute approximate surface area is 489 Å². The van der Waals surface area contributed by atoms with Crippen molar-refractivity contribution in [2.24, 2.45) is 19.1 Å². The molecule has 0 unspecified atom stereocenters. The van der Waals surface area contributed by atoms with Crippen molar-refractivity contribution >= 4 is 94.3 Å². The Balaban J connectivity index is 0.000000124. The fraction of sp³-hybridized carbons (Fsp3) is 0.217. The average molecular weight is 1140 g/mol. The minimum Gasteiger partial charge on any atom is -0.331 e. The van der Waals surface area contributed by atoms with E-state index in [9.17, 15) is 13.2 Å². The molecule has 15 rings (SSSR count). The van der Waals surface area contributed by atoms with Crippen LogP contribution in [0.15, 0.2) is 169 Å². The van der Waals surface area contributed by atoms with E-state index in [0.717, 1.165) is 111 Å². The Morgan fingerprint density at radius 2 is 0.917 bits per heavy atom. The van der Waals surface area contributed by atoms with Crippen molar-refractivity contribution in [2.75, 3.05) is 0 Å². The van der Waals surface area contributed by atoms with E-state index in [1.807, 2.05) is 35.9 Å². The predicted molar refractivity (Wildman–Crippen MR) is 336 cm³/mol. The van der Waals surface area contributed by atoms with Crippen LogP contribution in [0.1, 0.15) is 76.4 Å². The summed E-state index contributed by atoms with van der Waals surface area (Å²) >= 11 is 6.28. The Morgan fingerprint density at radius 3 is 1.46 bits per heavy atom. The summed E-state index contributed by atoms with van der Waals surface area (Å²) in [6.07, 6.45) is 7.10. The second-order valence-corrected chi connectivity index (χ2v) is 22.2. The third-order valence-electron chi connectivity index (χ3n) is 16.3. The summed E-state index contributed by atoms with van der Waals surface area (Å²) in [4.78, 5) is 28.6. The van der Waals surface area contributed by atoms with Gasteiger partial charge in [0.25, 0.3) is 0 Å². The van der Waals surface area contributed by atoms with Crippen molar-refractivity contribution in [1.82, 2.24) is 47.3 Å². The molecule has 0 atom stereocenters. The molecule has 0 saturated carbocycles. The van der Waals surface area contributed by atoms with Gasteiger partial charge in [0.05, 0.1) is 55.4 Å². The molecule has 0 spiro atoms. The Kier molecular flexibility index (Phi) is 14.6. The molecule has 0 radical (unpaired) electrons. The number of imidazole rings is 5. The van der Waals surface area contributed by atoms with E-state index in [2.05, 4.69) is 168 Å². The van der Waals surface area contributed by atoms with E-state index < -0.39 is 11.7 Å². The van der Waals surface area contributed by atoms with Crippen molar-refractivity contribution < 1.29 is 13.2 Å². The molecule has 8 aromatic heterocycles. The molecule has 15 heteroatoms. The van der Waals surface area contributed by atoms with Gasteiger partial charge >= 0.3 is 6.18 Å². The van der Waals surface area contributed by atoms with E-state index >= 15 is 0 Å². The maximum absolute atomic E-state index is 13.3. The first-order valence-corrected chi connectivity index (χ1v) is 28.4. The van der Waals surface area contributed by atoms with Gasteiger partial charge in [0.2, 0.25) is 0 Å². The van der Waals surface area contributed by atoms with Crippen LogP contribution >= 0.6 is 11.6 Å². The van der Waals surface area contributed by atoms with Gasteiger partial charge in [-0.25, -0.2) is 24.9 Å². The van der Waals surface area contributed by atoms with Gasteiger partial charge in [0.1, 0.15) is 22.9 Å². The molecule has 1 aliphatic heterocycles. The number of hydrogen-bond acceptors (Lipinski definition) is 6. The molecule has 14 aromatic rings. The van der Waals surface area contributed by atoms with E-state index in [0.29, 0.717) is 29.3 Å². The van der Waals surface area contributed by atoms with Crippen molar-refractivity contribution in [2.45, 2.75) is 86.2 Å². The number of aromatic nitrogens is 10. The van der Waals surface area contributed by atoms with Crippen LogP contribution in [0.5, 0.6) is 0 Å². The summed E-state index contributed by atoms with van der Waals surface area (Å²) in [5.41, 5.74) is 16.2. The zero-order valence-electron chi connectivity index (χ0n) is 47.0. The quantitative estimate of drug-likeness (QED) is 0.143. The number of pyridine rings is 3. The topological polar surface area (TPSA) is 99.9 Å². The van der Waals surface area contributed by atoms with Crippen molar-refractivity contribution in [1.29, 1.82) is 0 Å². The second-order valence-electron chi connectivity index (χ2n) is 21.8. The summed E-state index contributed by atoms with van der Waals surface area (Å²) in [6, 6.07) is 48.7. The fourth-order valence-electron chi connectivity index (χ4n) is 11.7. The number of benzene rings is 6. The summed E-state index contributed by atoms with van der Waals surface area (Å²) in [5.74, 6) is 1.98. The third-order valence-corrected chi connectivity index (χ3v) is 16.6. The first-order chi connectivity index (χ1) is 40.1. The smallest absolute Gasteiger partial charge is 0.331 e.